The molecule has 0 bridgehead atoms. The number of phenolic OH excluding ortho intramolecular Hbond substituents is 1. The van der Waals surface area contributed by atoms with Gasteiger partial charge < -0.3 is 16.2 Å². The number of hydrogen-bond acceptors (Lipinski definition) is 3. The first-order valence-electron chi connectivity index (χ1n) is 4.02. The van der Waals surface area contributed by atoms with E-state index >= 15 is 0 Å². The Labute approximate surface area is 88.8 Å². The van der Waals surface area contributed by atoms with E-state index in [2.05, 4.69) is 5.32 Å². The Kier molecular flexibility index (Phi) is 6.63. The summed E-state index contributed by atoms with van der Waals surface area (Å²) >= 11 is 0. The molecule has 74 valence electrons. The van der Waals surface area contributed by atoms with Gasteiger partial charge in [-0.15, -0.1) is 0 Å². The van der Waals surface area contributed by atoms with Gasteiger partial charge in [0.2, 0.25) is 0 Å². The maximum Gasteiger partial charge on any atom is 0.120 e. The molecule has 0 amide bonds. The minimum absolute atomic E-state index is 0. The monoisotopic (exact) mass is 222 g/mol. The molecule has 13 heavy (non-hydrogen) atoms. The summed E-state index contributed by atoms with van der Waals surface area (Å²) in [5.41, 5.74) is 6.21. The molecule has 3 nitrogen and oxygen atoms in total. The van der Waals surface area contributed by atoms with Crippen LogP contribution in [0, 0.1) is 0 Å². The molecule has 0 aliphatic rings. The second kappa shape index (κ2) is 6.92. The van der Waals surface area contributed by atoms with Crippen molar-refractivity contribution >= 4 is 0 Å². The summed E-state index contributed by atoms with van der Waals surface area (Å²) in [4.78, 5) is 0. The minimum atomic E-state index is 0. The largest absolute Gasteiger partial charge is 0.508 e. The number of phenols is 1. The summed E-state index contributed by atoms with van der Waals surface area (Å²) < 4.78 is 0. The quantitative estimate of drug-likeness (QED) is 0.511. The molecular formula is C9H14FeN2O. The average molecular weight is 222 g/mol. The van der Waals surface area contributed by atoms with Gasteiger partial charge in [0, 0.05) is 42.3 Å². The van der Waals surface area contributed by atoms with Gasteiger partial charge in [-0.2, -0.15) is 0 Å². The zero-order valence-electron chi connectivity index (χ0n) is 7.31. The van der Waals surface area contributed by atoms with Crippen molar-refractivity contribution in [2.45, 2.75) is 6.54 Å². The Hall–Kier alpha value is -0.541. The van der Waals surface area contributed by atoms with Gasteiger partial charge in [0.1, 0.15) is 5.75 Å². The van der Waals surface area contributed by atoms with E-state index in [1.165, 1.54) is 0 Å². The molecule has 4 heteroatoms. The molecule has 1 aromatic carbocycles. The van der Waals surface area contributed by atoms with Crippen LogP contribution in [0.5, 0.6) is 5.75 Å². The summed E-state index contributed by atoms with van der Waals surface area (Å²) in [6.07, 6.45) is 0. The van der Waals surface area contributed by atoms with Gasteiger partial charge in [-0.05, 0) is 6.07 Å². The van der Waals surface area contributed by atoms with Crippen LogP contribution in [0.25, 0.3) is 0 Å². The molecule has 1 rings (SSSR count). The van der Waals surface area contributed by atoms with Crippen molar-refractivity contribution in [2.75, 3.05) is 13.1 Å². The molecule has 0 radical (unpaired) electrons. The number of nitrogens with two attached hydrogens (primary N) is 1. The summed E-state index contributed by atoms with van der Waals surface area (Å²) in [7, 11) is 0. The van der Waals surface area contributed by atoms with E-state index in [1.54, 1.807) is 6.07 Å². The molecule has 0 heterocycles. The Balaban J connectivity index is 0.00000144. The van der Waals surface area contributed by atoms with Gasteiger partial charge in [0.15, 0.2) is 0 Å². The topological polar surface area (TPSA) is 58.3 Å². The molecule has 0 atom stereocenters. The van der Waals surface area contributed by atoms with E-state index in [9.17, 15) is 5.11 Å². The first kappa shape index (κ1) is 12.5. The van der Waals surface area contributed by atoms with E-state index in [0.29, 0.717) is 18.8 Å². The number of rotatable bonds is 4. The molecular weight excluding hydrogens is 208 g/mol. The van der Waals surface area contributed by atoms with E-state index < -0.39 is 0 Å². The van der Waals surface area contributed by atoms with Crippen LogP contribution in [0.15, 0.2) is 24.3 Å². The second-order valence-corrected chi connectivity index (χ2v) is 2.59. The van der Waals surface area contributed by atoms with Crippen molar-refractivity contribution < 1.29 is 22.2 Å². The molecule has 0 aromatic heterocycles. The van der Waals surface area contributed by atoms with Crippen molar-refractivity contribution in [3.63, 3.8) is 0 Å². The molecule has 0 spiro atoms. The Bertz CT molecular complexity index is 243. The summed E-state index contributed by atoms with van der Waals surface area (Å²) in [5.74, 6) is 0.335. The maximum atomic E-state index is 9.34. The summed E-state index contributed by atoms with van der Waals surface area (Å²) in [6.45, 7) is 2.06. The van der Waals surface area contributed by atoms with E-state index in [0.717, 1.165) is 12.1 Å². The molecule has 0 aliphatic heterocycles. The maximum absolute atomic E-state index is 9.34. The Morgan fingerprint density at radius 2 is 2.00 bits per heavy atom. The number of aromatic hydroxyl groups is 1. The van der Waals surface area contributed by atoms with Crippen molar-refractivity contribution in [2.24, 2.45) is 5.73 Å². The molecule has 0 unspecified atom stereocenters. The molecule has 0 saturated carbocycles. The third kappa shape index (κ3) is 4.29. The zero-order chi connectivity index (χ0) is 8.81. The van der Waals surface area contributed by atoms with Crippen LogP contribution in [-0.2, 0) is 23.6 Å². The van der Waals surface area contributed by atoms with Crippen molar-refractivity contribution in [3.8, 4) is 5.75 Å². The molecule has 0 saturated heterocycles. The Morgan fingerprint density at radius 1 is 1.31 bits per heavy atom. The number of para-hydroxylation sites is 1. The smallest absolute Gasteiger partial charge is 0.120 e. The van der Waals surface area contributed by atoms with Gasteiger partial charge in [-0.3, -0.25) is 0 Å². The van der Waals surface area contributed by atoms with E-state index in [-0.39, 0.29) is 17.1 Å². The fourth-order valence-corrected chi connectivity index (χ4v) is 0.985. The molecule has 0 aliphatic carbocycles. The second-order valence-electron chi connectivity index (χ2n) is 2.59. The predicted molar refractivity (Wildman–Crippen MR) is 48.9 cm³/mol. The summed E-state index contributed by atoms with van der Waals surface area (Å²) in [5, 5.41) is 12.4. The standard InChI is InChI=1S/C9H14N2O.Fe/c10-5-6-11-7-8-3-1-2-4-9(8)12;/h1-4,11-12H,5-7,10H2;. The fourth-order valence-electron chi connectivity index (χ4n) is 0.985. The van der Waals surface area contributed by atoms with Crippen LogP contribution in [0.4, 0.5) is 0 Å². The van der Waals surface area contributed by atoms with E-state index in [4.69, 9.17) is 5.73 Å². The van der Waals surface area contributed by atoms with Crippen LogP contribution in [0.1, 0.15) is 5.56 Å². The zero-order valence-corrected chi connectivity index (χ0v) is 8.41. The van der Waals surface area contributed by atoms with Crippen LogP contribution in [0.2, 0.25) is 0 Å². The molecule has 1 aromatic rings. The van der Waals surface area contributed by atoms with Gasteiger partial charge >= 0.3 is 0 Å². The molecule has 4 N–H and O–H groups in total. The van der Waals surface area contributed by atoms with Gasteiger partial charge in [0.05, 0.1) is 0 Å². The van der Waals surface area contributed by atoms with Crippen LogP contribution < -0.4 is 11.1 Å². The third-order valence-electron chi connectivity index (χ3n) is 1.63. The van der Waals surface area contributed by atoms with Crippen molar-refractivity contribution in [1.29, 1.82) is 0 Å². The number of hydrogen-bond donors (Lipinski definition) is 3. The average Bonchev–Trinajstić information content (AvgIpc) is 2.09. The fraction of sp³-hybridized carbons (Fsp3) is 0.333. The summed E-state index contributed by atoms with van der Waals surface area (Å²) in [6, 6.07) is 7.28. The number of nitrogens with one attached hydrogen (secondary N) is 1. The van der Waals surface area contributed by atoms with Crippen LogP contribution in [-0.4, -0.2) is 18.2 Å². The first-order valence-corrected chi connectivity index (χ1v) is 4.02. The van der Waals surface area contributed by atoms with Crippen molar-refractivity contribution in [1.82, 2.24) is 5.32 Å². The SMILES string of the molecule is NCCNCc1ccccc1O.[Fe]. The third-order valence-corrected chi connectivity index (χ3v) is 1.63. The molecule has 0 fully saturated rings. The van der Waals surface area contributed by atoms with E-state index in [1.807, 2.05) is 18.2 Å². The normalized spacial score (nSPS) is 9.31. The number of benzene rings is 1. The Morgan fingerprint density at radius 3 is 2.62 bits per heavy atom. The first-order chi connectivity index (χ1) is 5.84. The predicted octanol–water partition coefficient (Wildman–Crippen LogP) is 0.438. The van der Waals surface area contributed by atoms with Gasteiger partial charge in [-0.1, -0.05) is 18.2 Å². The van der Waals surface area contributed by atoms with Gasteiger partial charge in [-0.25, -0.2) is 0 Å². The van der Waals surface area contributed by atoms with Crippen LogP contribution in [0.3, 0.4) is 0 Å². The minimum Gasteiger partial charge on any atom is -0.508 e. The van der Waals surface area contributed by atoms with Gasteiger partial charge in [0.25, 0.3) is 0 Å². The van der Waals surface area contributed by atoms with Crippen molar-refractivity contribution in [3.05, 3.63) is 29.8 Å². The van der Waals surface area contributed by atoms with Crippen LogP contribution >= 0.6 is 0 Å².